The topological polar surface area (TPSA) is 44.6 Å². The molecule has 1 aromatic rings. The monoisotopic (exact) mass is 317 g/mol. The molecule has 6 heteroatoms. The third kappa shape index (κ3) is 2.84. The van der Waals surface area contributed by atoms with Crippen molar-refractivity contribution < 1.29 is 4.79 Å². The van der Waals surface area contributed by atoms with E-state index in [1.807, 2.05) is 18.1 Å². The average molecular weight is 317 g/mol. The van der Waals surface area contributed by atoms with Crippen LogP contribution in [-0.4, -0.2) is 64.9 Å². The highest BCUT2D eigenvalue weighted by Crippen LogP contribution is 2.30. The minimum Gasteiger partial charge on any atom is -0.326 e. The van der Waals surface area contributed by atoms with E-state index >= 15 is 0 Å². The van der Waals surface area contributed by atoms with E-state index in [0.29, 0.717) is 6.04 Å². The van der Waals surface area contributed by atoms with E-state index in [9.17, 15) is 4.79 Å². The summed E-state index contributed by atoms with van der Waals surface area (Å²) in [6, 6.07) is 1.33. The Labute approximate surface area is 138 Å². The first-order chi connectivity index (χ1) is 11.2. The summed E-state index contributed by atoms with van der Waals surface area (Å²) >= 11 is 0. The molecule has 4 rings (SSSR count). The maximum Gasteiger partial charge on any atom is 0.324 e. The molecular weight excluding hydrogens is 290 g/mol. The molecule has 3 fully saturated rings. The van der Waals surface area contributed by atoms with Crippen molar-refractivity contribution in [3.8, 4) is 0 Å². The zero-order chi connectivity index (χ0) is 15.8. The van der Waals surface area contributed by atoms with Gasteiger partial charge in [-0.3, -0.25) is 14.5 Å². The Hall–Kier alpha value is -1.56. The van der Waals surface area contributed by atoms with E-state index in [4.69, 9.17) is 0 Å². The second kappa shape index (κ2) is 6.15. The number of carbonyl (C=O) groups excluding carboxylic acids is 1. The maximum atomic E-state index is 12.1. The zero-order valence-electron chi connectivity index (χ0n) is 14.0. The molecule has 3 heterocycles. The Bertz CT molecular complexity index is 565. The van der Waals surface area contributed by atoms with Gasteiger partial charge in [-0.05, 0) is 19.3 Å². The number of likely N-dealkylation sites (tertiary alicyclic amines) is 1. The summed E-state index contributed by atoms with van der Waals surface area (Å²) in [6.45, 7) is 3.86. The van der Waals surface area contributed by atoms with Crippen LogP contribution in [0.3, 0.4) is 0 Å². The average Bonchev–Trinajstić information content (AvgIpc) is 3.29. The van der Waals surface area contributed by atoms with Gasteiger partial charge in [0.15, 0.2) is 0 Å². The number of likely N-dealkylation sites (N-methyl/N-ethyl adjacent to an activating group) is 1. The molecule has 3 aliphatic rings. The van der Waals surface area contributed by atoms with Crippen LogP contribution in [0.1, 0.15) is 44.6 Å². The third-order valence-corrected chi connectivity index (χ3v) is 5.78. The molecule has 1 aliphatic carbocycles. The van der Waals surface area contributed by atoms with Crippen molar-refractivity contribution in [2.75, 3.05) is 38.1 Å². The Morgan fingerprint density at radius 2 is 1.87 bits per heavy atom. The lowest BCUT2D eigenvalue weighted by Gasteiger charge is -2.30. The SMILES string of the molecule is CN1CCN(c2cnn(C3CCN(C4CCCCC4)C3)c2)C1=O. The van der Waals surface area contributed by atoms with Crippen molar-refractivity contribution in [1.29, 1.82) is 0 Å². The number of amides is 2. The summed E-state index contributed by atoms with van der Waals surface area (Å²) < 4.78 is 2.09. The van der Waals surface area contributed by atoms with Crippen molar-refractivity contribution in [3.05, 3.63) is 12.4 Å². The van der Waals surface area contributed by atoms with E-state index in [2.05, 4.69) is 20.9 Å². The summed E-state index contributed by atoms with van der Waals surface area (Å²) in [5.41, 5.74) is 0.940. The molecule has 0 radical (unpaired) electrons. The van der Waals surface area contributed by atoms with Crippen molar-refractivity contribution in [2.45, 2.75) is 50.6 Å². The molecule has 0 aromatic carbocycles. The van der Waals surface area contributed by atoms with Gasteiger partial charge in [0, 0.05) is 45.5 Å². The second-order valence-corrected chi connectivity index (χ2v) is 7.26. The van der Waals surface area contributed by atoms with Gasteiger partial charge in [-0.1, -0.05) is 19.3 Å². The van der Waals surface area contributed by atoms with Crippen molar-refractivity contribution in [2.24, 2.45) is 0 Å². The number of urea groups is 1. The lowest BCUT2D eigenvalue weighted by atomic mass is 9.94. The molecule has 2 saturated heterocycles. The molecule has 1 saturated carbocycles. The first-order valence-corrected chi connectivity index (χ1v) is 9.03. The van der Waals surface area contributed by atoms with Crippen molar-refractivity contribution in [3.63, 3.8) is 0 Å². The van der Waals surface area contributed by atoms with Gasteiger partial charge in [-0.2, -0.15) is 5.10 Å². The molecule has 0 bridgehead atoms. The number of nitrogens with zero attached hydrogens (tertiary/aromatic N) is 5. The molecule has 23 heavy (non-hydrogen) atoms. The number of anilines is 1. The summed E-state index contributed by atoms with van der Waals surface area (Å²) in [7, 11) is 1.85. The molecule has 2 aliphatic heterocycles. The van der Waals surface area contributed by atoms with Gasteiger partial charge >= 0.3 is 6.03 Å². The lowest BCUT2D eigenvalue weighted by Crippen LogP contribution is -2.35. The van der Waals surface area contributed by atoms with Crippen LogP contribution in [-0.2, 0) is 0 Å². The molecule has 2 amide bonds. The highest BCUT2D eigenvalue weighted by atomic mass is 16.2. The largest absolute Gasteiger partial charge is 0.326 e. The molecule has 1 atom stereocenters. The van der Waals surface area contributed by atoms with Crippen LogP contribution in [0.5, 0.6) is 0 Å². The van der Waals surface area contributed by atoms with Crippen LogP contribution in [0.4, 0.5) is 10.5 Å². The first kappa shape index (κ1) is 15.0. The fourth-order valence-electron chi connectivity index (χ4n) is 4.32. The van der Waals surface area contributed by atoms with Gasteiger partial charge in [0.1, 0.15) is 0 Å². The summed E-state index contributed by atoms with van der Waals surface area (Å²) in [5, 5.41) is 4.56. The van der Waals surface area contributed by atoms with E-state index in [0.717, 1.165) is 31.4 Å². The number of hydrogen-bond donors (Lipinski definition) is 0. The summed E-state index contributed by atoms with van der Waals surface area (Å²) in [4.78, 5) is 18.4. The quantitative estimate of drug-likeness (QED) is 0.859. The molecule has 1 aromatic heterocycles. The predicted octanol–water partition coefficient (Wildman–Crippen LogP) is 2.33. The van der Waals surface area contributed by atoms with Gasteiger partial charge in [0.05, 0.1) is 17.9 Å². The molecule has 6 nitrogen and oxygen atoms in total. The Morgan fingerprint density at radius 1 is 1.04 bits per heavy atom. The number of aromatic nitrogens is 2. The van der Waals surface area contributed by atoms with E-state index < -0.39 is 0 Å². The standard InChI is InChI=1S/C17H27N5O/c1-19-9-10-21(17(19)23)16-11-18-22(13-16)15-7-8-20(12-15)14-5-3-2-4-6-14/h11,13-15H,2-10,12H2,1H3. The smallest absolute Gasteiger partial charge is 0.324 e. The van der Waals surface area contributed by atoms with Gasteiger partial charge in [-0.25, -0.2) is 4.79 Å². The van der Waals surface area contributed by atoms with Gasteiger partial charge in [-0.15, -0.1) is 0 Å². The molecular formula is C17H27N5O. The fraction of sp³-hybridized carbons (Fsp3) is 0.765. The lowest BCUT2D eigenvalue weighted by molar-refractivity contribution is 0.184. The molecule has 1 unspecified atom stereocenters. The third-order valence-electron chi connectivity index (χ3n) is 5.78. The van der Waals surface area contributed by atoms with Crippen molar-refractivity contribution >= 4 is 11.7 Å². The minimum absolute atomic E-state index is 0.0832. The van der Waals surface area contributed by atoms with Gasteiger partial charge < -0.3 is 4.90 Å². The van der Waals surface area contributed by atoms with Gasteiger partial charge in [0.25, 0.3) is 0 Å². The van der Waals surface area contributed by atoms with Crippen LogP contribution >= 0.6 is 0 Å². The maximum absolute atomic E-state index is 12.1. The van der Waals surface area contributed by atoms with Gasteiger partial charge in [0.2, 0.25) is 0 Å². The first-order valence-electron chi connectivity index (χ1n) is 9.03. The highest BCUT2D eigenvalue weighted by Gasteiger charge is 2.32. The number of carbonyl (C=O) groups is 1. The Balaban J connectivity index is 1.40. The number of rotatable bonds is 3. The Morgan fingerprint density at radius 3 is 2.61 bits per heavy atom. The van der Waals surface area contributed by atoms with Crippen LogP contribution in [0, 0.1) is 0 Å². The van der Waals surface area contributed by atoms with Crippen LogP contribution < -0.4 is 4.90 Å². The van der Waals surface area contributed by atoms with Crippen LogP contribution in [0.2, 0.25) is 0 Å². The van der Waals surface area contributed by atoms with Crippen LogP contribution in [0.25, 0.3) is 0 Å². The predicted molar refractivity (Wildman–Crippen MR) is 89.7 cm³/mol. The molecule has 0 spiro atoms. The second-order valence-electron chi connectivity index (χ2n) is 7.26. The fourth-order valence-corrected chi connectivity index (χ4v) is 4.32. The van der Waals surface area contributed by atoms with Crippen LogP contribution in [0.15, 0.2) is 12.4 Å². The normalized spacial score (nSPS) is 27.3. The number of hydrogen-bond acceptors (Lipinski definition) is 3. The highest BCUT2D eigenvalue weighted by molar-refractivity contribution is 5.93. The Kier molecular flexibility index (Phi) is 4.01. The van der Waals surface area contributed by atoms with E-state index in [-0.39, 0.29) is 6.03 Å². The minimum atomic E-state index is 0.0832. The summed E-state index contributed by atoms with van der Waals surface area (Å²) in [6.07, 6.45) is 12.0. The summed E-state index contributed by atoms with van der Waals surface area (Å²) in [5.74, 6) is 0. The van der Waals surface area contributed by atoms with E-state index in [1.165, 1.54) is 45.1 Å². The van der Waals surface area contributed by atoms with E-state index in [1.54, 1.807) is 4.90 Å². The molecule has 126 valence electrons. The van der Waals surface area contributed by atoms with Crippen molar-refractivity contribution in [1.82, 2.24) is 19.6 Å². The zero-order valence-corrected chi connectivity index (χ0v) is 14.0. The molecule has 0 N–H and O–H groups in total.